The Balaban J connectivity index is 1.40. The number of nitrogens with zero attached hydrogens (tertiary/aromatic N) is 3. The minimum atomic E-state index is -0.0632. The number of amides is 1. The summed E-state index contributed by atoms with van der Waals surface area (Å²) >= 11 is 0. The zero-order chi connectivity index (χ0) is 16.5. The Kier molecular flexibility index (Phi) is 3.84. The molecule has 7 heteroatoms. The van der Waals surface area contributed by atoms with Crippen molar-refractivity contribution in [1.29, 1.82) is 0 Å². The molecule has 1 saturated heterocycles. The average molecular weight is 329 g/mol. The summed E-state index contributed by atoms with van der Waals surface area (Å²) in [7, 11) is 0. The topological polar surface area (TPSA) is 77.7 Å². The summed E-state index contributed by atoms with van der Waals surface area (Å²) in [5.41, 5.74) is 1.07. The molecule has 1 aromatic heterocycles. The van der Waals surface area contributed by atoms with Crippen LogP contribution < -0.4 is 9.47 Å². The van der Waals surface area contributed by atoms with Gasteiger partial charge in [-0.3, -0.25) is 4.79 Å². The molecule has 0 unspecified atom stereocenters. The summed E-state index contributed by atoms with van der Waals surface area (Å²) in [6.07, 6.45) is 2.97. The number of ether oxygens (including phenoxy) is 2. The molecule has 2 aliphatic rings. The van der Waals surface area contributed by atoms with Gasteiger partial charge in [0.2, 0.25) is 18.6 Å². The molecule has 1 aromatic carbocycles. The highest BCUT2D eigenvalue weighted by Gasteiger charge is 2.32. The number of likely N-dealkylation sites (tertiary alicyclic amines) is 1. The molecule has 1 amide bonds. The molecule has 3 heterocycles. The maximum absolute atomic E-state index is 12.6. The SMILES string of the molecule is Cc1nc([C@@H]2CCCN2C(=O)CCc2ccc3c(c2)OCO3)no1. The van der Waals surface area contributed by atoms with E-state index in [1.165, 1.54) is 0 Å². The summed E-state index contributed by atoms with van der Waals surface area (Å²) in [6.45, 7) is 2.77. The molecule has 4 rings (SSSR count). The van der Waals surface area contributed by atoms with Crippen molar-refractivity contribution in [3.05, 3.63) is 35.5 Å². The highest BCUT2D eigenvalue weighted by molar-refractivity contribution is 5.77. The van der Waals surface area contributed by atoms with Gasteiger partial charge in [-0.2, -0.15) is 4.98 Å². The molecule has 0 aliphatic carbocycles. The van der Waals surface area contributed by atoms with Gasteiger partial charge in [0.1, 0.15) is 0 Å². The van der Waals surface area contributed by atoms with Gasteiger partial charge in [-0.05, 0) is 37.0 Å². The molecule has 1 atom stereocenters. The van der Waals surface area contributed by atoms with E-state index in [0.717, 1.165) is 36.4 Å². The number of carbonyl (C=O) groups excluding carboxylic acids is 1. The third kappa shape index (κ3) is 2.81. The van der Waals surface area contributed by atoms with Crippen LogP contribution in [0.1, 0.15) is 42.6 Å². The Bertz CT molecular complexity index is 758. The van der Waals surface area contributed by atoms with E-state index in [1.807, 2.05) is 23.1 Å². The Morgan fingerprint density at radius 3 is 3.04 bits per heavy atom. The summed E-state index contributed by atoms with van der Waals surface area (Å²) in [5.74, 6) is 2.78. The van der Waals surface area contributed by atoms with E-state index in [4.69, 9.17) is 14.0 Å². The third-order valence-electron chi connectivity index (χ3n) is 4.48. The van der Waals surface area contributed by atoms with Gasteiger partial charge in [0, 0.05) is 19.9 Å². The van der Waals surface area contributed by atoms with Crippen LogP contribution >= 0.6 is 0 Å². The number of carbonyl (C=O) groups is 1. The van der Waals surface area contributed by atoms with Crippen LogP contribution in [-0.4, -0.2) is 34.3 Å². The second kappa shape index (κ2) is 6.14. The first-order chi connectivity index (χ1) is 11.7. The zero-order valence-electron chi connectivity index (χ0n) is 13.5. The van der Waals surface area contributed by atoms with E-state index in [0.29, 0.717) is 24.6 Å². The van der Waals surface area contributed by atoms with Crippen molar-refractivity contribution in [3.8, 4) is 11.5 Å². The van der Waals surface area contributed by atoms with E-state index in [2.05, 4.69) is 10.1 Å². The lowest BCUT2D eigenvalue weighted by Gasteiger charge is -2.22. The summed E-state index contributed by atoms with van der Waals surface area (Å²) < 4.78 is 15.7. The number of rotatable bonds is 4. The molecule has 24 heavy (non-hydrogen) atoms. The second-order valence-corrected chi connectivity index (χ2v) is 6.10. The van der Waals surface area contributed by atoms with Crippen molar-refractivity contribution in [2.24, 2.45) is 0 Å². The summed E-state index contributed by atoms with van der Waals surface area (Å²) in [4.78, 5) is 18.8. The van der Waals surface area contributed by atoms with Crippen molar-refractivity contribution >= 4 is 5.91 Å². The standard InChI is InChI=1S/C17H19N3O4/c1-11-18-17(19-24-11)13-3-2-8-20(13)16(21)7-5-12-4-6-14-15(9-12)23-10-22-14/h4,6,9,13H,2-3,5,7-8,10H2,1H3/t13-/m0/s1. The molecule has 0 radical (unpaired) electrons. The van der Waals surface area contributed by atoms with Crippen molar-refractivity contribution in [3.63, 3.8) is 0 Å². The van der Waals surface area contributed by atoms with Gasteiger partial charge >= 0.3 is 0 Å². The van der Waals surface area contributed by atoms with Crippen LogP contribution in [0.2, 0.25) is 0 Å². The summed E-state index contributed by atoms with van der Waals surface area (Å²) in [5, 5.41) is 3.98. The van der Waals surface area contributed by atoms with Crippen LogP contribution in [0.15, 0.2) is 22.7 Å². The molecule has 7 nitrogen and oxygen atoms in total. The first-order valence-electron chi connectivity index (χ1n) is 8.19. The van der Waals surface area contributed by atoms with Gasteiger partial charge < -0.3 is 18.9 Å². The van der Waals surface area contributed by atoms with E-state index < -0.39 is 0 Å². The number of fused-ring (bicyclic) bond motifs is 1. The first kappa shape index (κ1) is 15.0. The third-order valence-corrected chi connectivity index (χ3v) is 4.48. The van der Waals surface area contributed by atoms with Crippen LogP contribution in [0.4, 0.5) is 0 Å². The van der Waals surface area contributed by atoms with Crippen molar-refractivity contribution < 1.29 is 18.8 Å². The Labute approximate surface area is 139 Å². The maximum Gasteiger partial charge on any atom is 0.231 e. The summed E-state index contributed by atoms with van der Waals surface area (Å²) in [6, 6.07) is 5.75. The van der Waals surface area contributed by atoms with Crippen molar-refractivity contribution in [2.75, 3.05) is 13.3 Å². The van der Waals surface area contributed by atoms with Crippen LogP contribution in [0.3, 0.4) is 0 Å². The zero-order valence-corrected chi connectivity index (χ0v) is 13.5. The largest absolute Gasteiger partial charge is 0.454 e. The highest BCUT2D eigenvalue weighted by Crippen LogP contribution is 2.34. The van der Waals surface area contributed by atoms with Crippen molar-refractivity contribution in [2.45, 2.75) is 38.6 Å². The van der Waals surface area contributed by atoms with Gasteiger partial charge in [0.05, 0.1) is 6.04 Å². The number of aryl methyl sites for hydroxylation is 2. The fraction of sp³-hybridized carbons (Fsp3) is 0.471. The lowest BCUT2D eigenvalue weighted by atomic mass is 10.1. The molecule has 2 aromatic rings. The molecule has 0 bridgehead atoms. The monoisotopic (exact) mass is 329 g/mol. The normalized spacial score (nSPS) is 19.0. The molecule has 126 valence electrons. The first-order valence-corrected chi connectivity index (χ1v) is 8.19. The van der Waals surface area contributed by atoms with Gasteiger partial charge in [-0.15, -0.1) is 0 Å². The Morgan fingerprint density at radius 2 is 2.21 bits per heavy atom. The number of benzene rings is 1. The van der Waals surface area contributed by atoms with E-state index in [9.17, 15) is 4.79 Å². The second-order valence-electron chi connectivity index (χ2n) is 6.10. The highest BCUT2D eigenvalue weighted by atomic mass is 16.7. The number of hydrogen-bond acceptors (Lipinski definition) is 6. The predicted molar refractivity (Wildman–Crippen MR) is 83.6 cm³/mol. The lowest BCUT2D eigenvalue weighted by Crippen LogP contribution is -2.31. The van der Waals surface area contributed by atoms with E-state index >= 15 is 0 Å². The van der Waals surface area contributed by atoms with Crippen LogP contribution in [0, 0.1) is 6.92 Å². The smallest absolute Gasteiger partial charge is 0.231 e. The average Bonchev–Trinajstić information content (AvgIpc) is 3.31. The number of aromatic nitrogens is 2. The molecular formula is C17H19N3O4. The maximum atomic E-state index is 12.6. The van der Waals surface area contributed by atoms with Crippen LogP contribution in [0.25, 0.3) is 0 Å². The van der Waals surface area contributed by atoms with E-state index in [1.54, 1.807) is 6.92 Å². The van der Waals surface area contributed by atoms with Gasteiger partial charge in [0.15, 0.2) is 17.3 Å². The molecule has 0 saturated carbocycles. The van der Waals surface area contributed by atoms with Gasteiger partial charge in [-0.1, -0.05) is 11.2 Å². The minimum Gasteiger partial charge on any atom is -0.454 e. The lowest BCUT2D eigenvalue weighted by molar-refractivity contribution is -0.132. The van der Waals surface area contributed by atoms with Crippen LogP contribution in [-0.2, 0) is 11.2 Å². The van der Waals surface area contributed by atoms with Crippen LogP contribution in [0.5, 0.6) is 11.5 Å². The molecule has 1 fully saturated rings. The Morgan fingerprint density at radius 1 is 1.33 bits per heavy atom. The quantitative estimate of drug-likeness (QED) is 0.857. The van der Waals surface area contributed by atoms with Crippen molar-refractivity contribution in [1.82, 2.24) is 15.0 Å². The minimum absolute atomic E-state index is 0.0632. The predicted octanol–water partition coefficient (Wildman–Crippen LogP) is 2.40. The molecule has 2 aliphatic heterocycles. The molecular weight excluding hydrogens is 310 g/mol. The molecule has 0 spiro atoms. The Hall–Kier alpha value is -2.57. The number of hydrogen-bond donors (Lipinski definition) is 0. The fourth-order valence-electron chi connectivity index (χ4n) is 3.28. The van der Waals surface area contributed by atoms with Gasteiger partial charge in [-0.25, -0.2) is 0 Å². The fourth-order valence-corrected chi connectivity index (χ4v) is 3.28. The van der Waals surface area contributed by atoms with E-state index in [-0.39, 0.29) is 18.7 Å². The van der Waals surface area contributed by atoms with Gasteiger partial charge in [0.25, 0.3) is 0 Å². The molecule has 0 N–H and O–H groups in total.